The zero-order valence-corrected chi connectivity index (χ0v) is 27.9. The number of amides is 1. The van der Waals surface area contributed by atoms with Gasteiger partial charge in [-0.05, 0) is 83.2 Å². The van der Waals surface area contributed by atoms with E-state index in [1.807, 2.05) is 4.90 Å². The summed E-state index contributed by atoms with van der Waals surface area (Å²) in [7, 11) is 1.70. The number of alkyl halides is 5. The molecule has 0 N–H and O–H groups in total. The molecule has 4 heterocycles. The number of nitrogens with zero attached hydrogens (tertiary/aromatic N) is 7. The molecule has 14 heteroatoms. The number of piperazine rings is 1. The molecular weight excluding hydrogens is 645 g/mol. The Labute approximate surface area is 283 Å². The fourth-order valence-corrected chi connectivity index (χ4v) is 8.22. The van der Waals surface area contributed by atoms with Crippen molar-refractivity contribution in [1.29, 1.82) is 5.26 Å². The molecule has 49 heavy (non-hydrogen) atoms. The topological polar surface area (TPSA) is 88.8 Å². The van der Waals surface area contributed by atoms with E-state index < -0.39 is 35.3 Å². The van der Waals surface area contributed by atoms with Gasteiger partial charge >= 0.3 is 18.1 Å². The normalized spacial score (nSPS) is 22.9. The predicted octanol–water partition coefficient (Wildman–Crippen LogP) is 5.90. The number of carbonyl (C=O) groups is 1. The average molecular weight is 688 g/mol. The lowest BCUT2D eigenvalue weighted by Crippen LogP contribution is -2.60. The summed E-state index contributed by atoms with van der Waals surface area (Å²) in [6, 6.07) is 4.87. The highest BCUT2D eigenvalue weighted by Gasteiger charge is 2.63. The Morgan fingerprint density at radius 1 is 1.10 bits per heavy atom. The van der Waals surface area contributed by atoms with Crippen molar-refractivity contribution in [1.82, 2.24) is 19.8 Å². The Morgan fingerprint density at radius 3 is 2.51 bits per heavy atom. The van der Waals surface area contributed by atoms with E-state index in [0.29, 0.717) is 62.3 Å². The van der Waals surface area contributed by atoms with E-state index in [9.17, 15) is 23.2 Å². The lowest BCUT2D eigenvalue weighted by molar-refractivity contribution is -0.196. The summed E-state index contributed by atoms with van der Waals surface area (Å²) in [6.07, 6.45) is -0.682. The molecule has 6 rings (SSSR count). The molecule has 3 fully saturated rings. The molecule has 9 nitrogen and oxygen atoms in total. The fraction of sp³-hybridized carbons (Fsp3) is 0.600. The van der Waals surface area contributed by atoms with Crippen LogP contribution in [0.1, 0.15) is 67.3 Å². The molecule has 1 unspecified atom stereocenters. The third kappa shape index (κ3) is 6.42. The van der Waals surface area contributed by atoms with Crippen molar-refractivity contribution in [2.75, 3.05) is 49.6 Å². The second-order valence-corrected chi connectivity index (χ2v) is 13.7. The Balaban J connectivity index is 1.42. The van der Waals surface area contributed by atoms with Crippen molar-refractivity contribution < 1.29 is 31.5 Å². The molecule has 2 atom stereocenters. The minimum Gasteiger partial charge on any atom is -0.450 e. The van der Waals surface area contributed by atoms with Crippen LogP contribution < -0.4 is 14.5 Å². The van der Waals surface area contributed by atoms with Gasteiger partial charge in [-0.3, -0.25) is 9.69 Å². The highest BCUT2D eigenvalue weighted by Crippen LogP contribution is 2.50. The zero-order chi connectivity index (χ0) is 35.1. The Morgan fingerprint density at radius 2 is 1.86 bits per heavy atom. The Kier molecular flexibility index (Phi) is 9.52. The number of fused-ring (bicyclic) bond motifs is 1. The van der Waals surface area contributed by atoms with Crippen LogP contribution in [0.3, 0.4) is 0 Å². The maximum absolute atomic E-state index is 16.6. The van der Waals surface area contributed by atoms with Crippen molar-refractivity contribution in [3.8, 4) is 12.1 Å². The number of carbonyl (C=O) groups excluding carboxylic acids is 1. The van der Waals surface area contributed by atoms with Crippen LogP contribution in [0.5, 0.6) is 6.01 Å². The van der Waals surface area contributed by atoms with E-state index in [1.54, 1.807) is 27.8 Å². The number of likely N-dealkylation sites (tertiary alicyclic amines) is 1. The lowest BCUT2D eigenvalue weighted by atomic mass is 9.87. The number of ether oxygens (including phenoxy) is 1. The van der Waals surface area contributed by atoms with Crippen LogP contribution in [0.15, 0.2) is 30.9 Å². The van der Waals surface area contributed by atoms with Gasteiger partial charge in [-0.25, -0.2) is 8.78 Å². The number of hydrogen-bond donors (Lipinski definition) is 0. The first-order valence-electron chi connectivity index (χ1n) is 16.9. The standard InChI is InChI=1S/C35H42F5N7O2/c1-4-29(48)47-20-19-46(21-24(47)12-16-41)31-25-13-18-45(27-10-7-9-23(2)30(27)35(38,39)40)22-26(25)42-32(43-31)49-33(14-5-6-15-33)34(36,37)28-11-8-17-44(28)3/h4,7,9-10,24,28H,1,5-6,8,11-15,17-22H2,2-3H3/t24-,28?/m0/s1. The van der Waals surface area contributed by atoms with Gasteiger partial charge in [0.05, 0.1) is 42.4 Å². The quantitative estimate of drug-likeness (QED) is 0.250. The molecule has 2 aromatic rings. The van der Waals surface area contributed by atoms with E-state index in [1.165, 1.54) is 25.1 Å². The number of aromatic nitrogens is 2. The van der Waals surface area contributed by atoms with Crippen molar-refractivity contribution >= 4 is 17.4 Å². The van der Waals surface area contributed by atoms with Crippen LogP contribution in [0.4, 0.5) is 33.5 Å². The Bertz CT molecular complexity index is 1620. The zero-order valence-electron chi connectivity index (χ0n) is 27.9. The number of anilines is 2. The van der Waals surface area contributed by atoms with Gasteiger partial charge in [0.2, 0.25) is 5.91 Å². The minimum absolute atomic E-state index is 0.0148. The predicted molar refractivity (Wildman–Crippen MR) is 174 cm³/mol. The largest absolute Gasteiger partial charge is 0.450 e. The van der Waals surface area contributed by atoms with E-state index in [4.69, 9.17) is 9.72 Å². The average Bonchev–Trinajstić information content (AvgIpc) is 3.73. The number of rotatable bonds is 8. The van der Waals surface area contributed by atoms with E-state index in [-0.39, 0.29) is 68.6 Å². The molecule has 0 spiro atoms. The van der Waals surface area contributed by atoms with Gasteiger partial charge in [-0.1, -0.05) is 18.7 Å². The molecule has 1 aromatic heterocycles. The third-order valence-electron chi connectivity index (χ3n) is 10.7. The smallest absolute Gasteiger partial charge is 0.418 e. The van der Waals surface area contributed by atoms with E-state index >= 15 is 8.78 Å². The fourth-order valence-electron chi connectivity index (χ4n) is 8.22. The highest BCUT2D eigenvalue weighted by molar-refractivity contribution is 5.87. The van der Waals surface area contributed by atoms with Gasteiger partial charge in [0, 0.05) is 37.4 Å². The molecule has 0 bridgehead atoms. The SMILES string of the molecule is C=CC(=O)N1CCN(c2nc(OC3(C(F)(F)C4CCCN4C)CCCC3)nc3c2CCN(c2cccc(C)c2C(F)(F)F)C3)C[C@@H]1CC#N. The first kappa shape index (κ1) is 34.9. The molecule has 1 amide bonds. The summed E-state index contributed by atoms with van der Waals surface area (Å²) in [5.41, 5.74) is -1.36. The molecule has 1 aromatic carbocycles. The third-order valence-corrected chi connectivity index (χ3v) is 10.7. The van der Waals surface area contributed by atoms with Crippen molar-refractivity contribution in [3.05, 3.63) is 53.2 Å². The van der Waals surface area contributed by atoms with Crippen LogP contribution in [0, 0.1) is 18.3 Å². The molecular formula is C35H42F5N7O2. The van der Waals surface area contributed by atoms with Gasteiger partial charge in [-0.15, -0.1) is 0 Å². The Hall–Kier alpha value is -3.99. The first-order chi connectivity index (χ1) is 23.3. The van der Waals surface area contributed by atoms with E-state index in [0.717, 1.165) is 0 Å². The van der Waals surface area contributed by atoms with Crippen LogP contribution in [-0.4, -0.2) is 89.1 Å². The first-order valence-corrected chi connectivity index (χ1v) is 16.9. The van der Waals surface area contributed by atoms with Crippen LogP contribution in [0.25, 0.3) is 0 Å². The number of nitriles is 1. The summed E-state index contributed by atoms with van der Waals surface area (Å²) >= 11 is 0. The summed E-state index contributed by atoms with van der Waals surface area (Å²) < 4.78 is 82.3. The number of benzene rings is 1. The van der Waals surface area contributed by atoms with Crippen molar-refractivity contribution in [2.24, 2.45) is 0 Å². The second-order valence-electron chi connectivity index (χ2n) is 13.7. The molecule has 1 saturated carbocycles. The number of hydrogen-bond acceptors (Lipinski definition) is 8. The molecule has 264 valence electrons. The lowest BCUT2D eigenvalue weighted by Gasteiger charge is -2.43. The van der Waals surface area contributed by atoms with Crippen molar-refractivity contribution in [3.63, 3.8) is 0 Å². The monoisotopic (exact) mass is 687 g/mol. The summed E-state index contributed by atoms with van der Waals surface area (Å²) in [5, 5.41) is 9.55. The highest BCUT2D eigenvalue weighted by atomic mass is 19.4. The maximum Gasteiger partial charge on any atom is 0.418 e. The molecule has 2 saturated heterocycles. The summed E-state index contributed by atoms with van der Waals surface area (Å²) in [4.78, 5) is 28.8. The van der Waals surface area contributed by atoms with E-state index in [2.05, 4.69) is 17.6 Å². The number of aryl methyl sites for hydroxylation is 1. The van der Waals surface area contributed by atoms with Crippen molar-refractivity contribution in [2.45, 2.75) is 94.6 Å². The molecule has 3 aliphatic heterocycles. The minimum atomic E-state index is -4.59. The maximum atomic E-state index is 16.6. The summed E-state index contributed by atoms with van der Waals surface area (Å²) in [5.74, 6) is -3.08. The van der Waals surface area contributed by atoms with Crippen LogP contribution in [-0.2, 0) is 23.9 Å². The summed E-state index contributed by atoms with van der Waals surface area (Å²) in [6.45, 7) is 6.63. The van der Waals surface area contributed by atoms with Gasteiger partial charge in [-0.2, -0.15) is 28.4 Å². The van der Waals surface area contributed by atoms with Crippen LogP contribution >= 0.6 is 0 Å². The molecule has 4 aliphatic rings. The molecule has 0 radical (unpaired) electrons. The number of halogens is 5. The van der Waals surface area contributed by atoms with Gasteiger partial charge < -0.3 is 19.4 Å². The van der Waals surface area contributed by atoms with Crippen LogP contribution in [0.2, 0.25) is 0 Å². The van der Waals surface area contributed by atoms with Gasteiger partial charge in [0.25, 0.3) is 0 Å². The second kappa shape index (κ2) is 13.4. The molecule has 1 aliphatic carbocycles. The van der Waals surface area contributed by atoms with Gasteiger partial charge in [0.15, 0.2) is 5.60 Å². The van der Waals surface area contributed by atoms with Gasteiger partial charge in [0.1, 0.15) is 5.82 Å².